The molecule has 1 aromatic carbocycles. The molecule has 0 saturated carbocycles. The minimum absolute atomic E-state index is 0.0898. The molecule has 0 fully saturated rings. The summed E-state index contributed by atoms with van der Waals surface area (Å²) >= 11 is 0. The van der Waals surface area contributed by atoms with Crippen LogP contribution >= 0.6 is 0 Å². The lowest BCUT2D eigenvalue weighted by Gasteiger charge is -2.14. The van der Waals surface area contributed by atoms with Crippen LogP contribution in [0.1, 0.15) is 23.1 Å². The minimum Gasteiger partial charge on any atom is -0.467 e. The number of aromatic nitrogens is 1. The maximum atomic E-state index is 13.5. The summed E-state index contributed by atoms with van der Waals surface area (Å²) in [4.78, 5) is 15.4. The Hall–Kier alpha value is -2.60. The van der Waals surface area contributed by atoms with Gasteiger partial charge in [-0.3, -0.25) is 4.79 Å². The molecule has 1 unspecified atom stereocenters. The van der Waals surface area contributed by atoms with E-state index in [0.29, 0.717) is 11.1 Å². The number of furan rings is 1. The Morgan fingerprint density at radius 3 is 2.96 bits per heavy atom. The Morgan fingerprint density at radius 1 is 1.43 bits per heavy atom. The molecule has 1 atom stereocenters. The van der Waals surface area contributed by atoms with Crippen LogP contribution in [0.25, 0.3) is 10.9 Å². The summed E-state index contributed by atoms with van der Waals surface area (Å²) in [6.45, 7) is 1.58. The number of aryl methyl sites for hydroxylation is 1. The molecule has 5 nitrogen and oxygen atoms in total. The molecule has 6 heteroatoms. The van der Waals surface area contributed by atoms with Gasteiger partial charge in [0.25, 0.3) is 0 Å². The van der Waals surface area contributed by atoms with E-state index in [1.54, 1.807) is 18.2 Å². The molecule has 0 saturated heterocycles. The zero-order valence-corrected chi connectivity index (χ0v) is 12.6. The lowest BCUT2D eigenvalue weighted by atomic mass is 10.1. The number of aromatic amines is 1. The molecule has 2 heterocycles. The first-order valence-corrected chi connectivity index (χ1v) is 7.29. The zero-order valence-electron chi connectivity index (χ0n) is 12.6. The largest absolute Gasteiger partial charge is 0.467 e. The van der Waals surface area contributed by atoms with Crippen molar-refractivity contribution in [1.82, 2.24) is 10.3 Å². The van der Waals surface area contributed by atoms with Crippen molar-refractivity contribution in [2.24, 2.45) is 0 Å². The van der Waals surface area contributed by atoms with E-state index in [0.717, 1.165) is 16.8 Å². The van der Waals surface area contributed by atoms with Crippen molar-refractivity contribution in [1.29, 1.82) is 0 Å². The van der Waals surface area contributed by atoms with Crippen LogP contribution in [0, 0.1) is 12.7 Å². The molecule has 0 radical (unpaired) electrons. The van der Waals surface area contributed by atoms with Crippen LogP contribution in [0.4, 0.5) is 4.39 Å². The molecule has 0 aliphatic heterocycles. The summed E-state index contributed by atoms with van der Waals surface area (Å²) in [6, 6.07) is 7.22. The molecular formula is C17H17FN2O3. The summed E-state index contributed by atoms with van der Waals surface area (Å²) in [5, 5.41) is 12.8. The molecule has 2 aromatic heterocycles. The second-order valence-electron chi connectivity index (χ2n) is 5.41. The van der Waals surface area contributed by atoms with Gasteiger partial charge in [0.05, 0.1) is 19.3 Å². The van der Waals surface area contributed by atoms with Crippen molar-refractivity contribution in [3.63, 3.8) is 0 Å². The predicted molar refractivity (Wildman–Crippen MR) is 83.4 cm³/mol. The Kier molecular flexibility index (Phi) is 4.16. The van der Waals surface area contributed by atoms with Crippen LogP contribution in [0.5, 0.6) is 0 Å². The van der Waals surface area contributed by atoms with Gasteiger partial charge >= 0.3 is 0 Å². The molecule has 0 bridgehead atoms. The van der Waals surface area contributed by atoms with Gasteiger partial charge < -0.3 is 19.8 Å². The summed E-state index contributed by atoms with van der Waals surface area (Å²) in [6.07, 6.45) is 1.57. The second kappa shape index (κ2) is 6.26. The average molecular weight is 316 g/mol. The number of amides is 1. The lowest BCUT2D eigenvalue weighted by Crippen LogP contribution is -2.31. The van der Waals surface area contributed by atoms with Gasteiger partial charge in [0.2, 0.25) is 5.91 Å². The van der Waals surface area contributed by atoms with Gasteiger partial charge in [0.1, 0.15) is 17.6 Å². The van der Waals surface area contributed by atoms with E-state index in [-0.39, 0.29) is 24.8 Å². The zero-order chi connectivity index (χ0) is 16.4. The highest BCUT2D eigenvalue weighted by Gasteiger charge is 2.18. The highest BCUT2D eigenvalue weighted by molar-refractivity contribution is 5.90. The third kappa shape index (κ3) is 3.12. The van der Waals surface area contributed by atoms with Gasteiger partial charge in [0, 0.05) is 16.6 Å². The summed E-state index contributed by atoms with van der Waals surface area (Å²) < 4.78 is 18.7. The number of nitrogens with one attached hydrogen (secondary N) is 2. The molecule has 23 heavy (non-hydrogen) atoms. The highest BCUT2D eigenvalue weighted by atomic mass is 19.1. The van der Waals surface area contributed by atoms with E-state index in [1.807, 2.05) is 6.92 Å². The molecule has 120 valence electrons. The maximum Gasteiger partial charge on any atom is 0.225 e. The van der Waals surface area contributed by atoms with Crippen molar-refractivity contribution < 1.29 is 18.7 Å². The van der Waals surface area contributed by atoms with E-state index in [1.165, 1.54) is 18.4 Å². The first kappa shape index (κ1) is 15.3. The number of aliphatic hydroxyl groups is 1. The SMILES string of the molecule is Cc1[nH]c2ccc(F)cc2c1CC(=O)NC(CO)c1ccco1. The number of benzene rings is 1. The fourth-order valence-corrected chi connectivity index (χ4v) is 2.68. The van der Waals surface area contributed by atoms with E-state index >= 15 is 0 Å². The first-order chi connectivity index (χ1) is 11.1. The molecule has 0 aliphatic carbocycles. The number of rotatable bonds is 5. The van der Waals surface area contributed by atoms with Gasteiger partial charge in [0.15, 0.2) is 0 Å². The standard InChI is InChI=1S/C17H17FN2O3/c1-10-12(13-7-11(18)4-5-14(13)19-10)8-17(22)20-15(9-21)16-3-2-6-23-16/h2-7,15,19,21H,8-9H2,1H3,(H,20,22). The summed E-state index contributed by atoms with van der Waals surface area (Å²) in [5.41, 5.74) is 2.35. The molecule has 3 N–H and O–H groups in total. The Bertz CT molecular complexity index is 824. The number of hydrogen-bond acceptors (Lipinski definition) is 3. The van der Waals surface area contributed by atoms with E-state index in [9.17, 15) is 14.3 Å². The number of halogens is 1. The number of carbonyl (C=O) groups is 1. The molecule has 3 aromatic rings. The predicted octanol–water partition coefficient (Wildman–Crippen LogP) is 2.60. The number of fused-ring (bicyclic) bond motifs is 1. The van der Waals surface area contributed by atoms with E-state index in [4.69, 9.17) is 4.42 Å². The van der Waals surface area contributed by atoms with Crippen LogP contribution in [-0.4, -0.2) is 22.6 Å². The smallest absolute Gasteiger partial charge is 0.225 e. The number of hydrogen-bond donors (Lipinski definition) is 3. The Labute approximate surface area is 132 Å². The first-order valence-electron chi connectivity index (χ1n) is 7.29. The van der Waals surface area contributed by atoms with Gasteiger partial charge in [-0.1, -0.05) is 0 Å². The Balaban J connectivity index is 1.80. The van der Waals surface area contributed by atoms with Gasteiger partial charge in [-0.05, 0) is 42.8 Å². The fourth-order valence-electron chi connectivity index (χ4n) is 2.68. The van der Waals surface area contributed by atoms with Gasteiger partial charge in [-0.2, -0.15) is 0 Å². The average Bonchev–Trinajstić information content (AvgIpc) is 3.15. The Morgan fingerprint density at radius 2 is 2.26 bits per heavy atom. The van der Waals surface area contributed by atoms with Gasteiger partial charge in [-0.25, -0.2) is 4.39 Å². The van der Waals surface area contributed by atoms with Crippen LogP contribution in [-0.2, 0) is 11.2 Å². The number of H-pyrrole nitrogens is 1. The lowest BCUT2D eigenvalue weighted by molar-refractivity contribution is -0.121. The molecule has 0 aliphatic rings. The maximum absolute atomic E-state index is 13.5. The van der Waals surface area contributed by atoms with Crippen molar-refractivity contribution in [3.8, 4) is 0 Å². The monoisotopic (exact) mass is 316 g/mol. The molecular weight excluding hydrogens is 299 g/mol. The third-order valence-corrected chi connectivity index (χ3v) is 3.82. The van der Waals surface area contributed by atoms with Crippen molar-refractivity contribution in [2.45, 2.75) is 19.4 Å². The van der Waals surface area contributed by atoms with E-state index in [2.05, 4.69) is 10.3 Å². The molecule has 1 amide bonds. The second-order valence-corrected chi connectivity index (χ2v) is 5.41. The summed E-state index contributed by atoms with van der Waals surface area (Å²) in [7, 11) is 0. The molecule has 0 spiro atoms. The quantitative estimate of drug-likeness (QED) is 0.677. The van der Waals surface area contributed by atoms with Crippen molar-refractivity contribution >= 4 is 16.8 Å². The van der Waals surface area contributed by atoms with Crippen LogP contribution < -0.4 is 5.32 Å². The van der Waals surface area contributed by atoms with Crippen molar-refractivity contribution in [2.75, 3.05) is 6.61 Å². The van der Waals surface area contributed by atoms with Crippen molar-refractivity contribution in [3.05, 3.63) is 59.4 Å². The number of aliphatic hydroxyl groups excluding tert-OH is 1. The highest BCUT2D eigenvalue weighted by Crippen LogP contribution is 2.24. The van der Waals surface area contributed by atoms with Gasteiger partial charge in [-0.15, -0.1) is 0 Å². The fraction of sp³-hybridized carbons (Fsp3) is 0.235. The molecule has 3 rings (SSSR count). The van der Waals surface area contributed by atoms with Crippen LogP contribution in [0.15, 0.2) is 41.0 Å². The van der Waals surface area contributed by atoms with E-state index < -0.39 is 6.04 Å². The number of carbonyl (C=O) groups excluding carboxylic acids is 1. The minimum atomic E-state index is -0.597. The summed E-state index contributed by atoms with van der Waals surface area (Å²) in [5.74, 6) is -0.127. The van der Waals surface area contributed by atoms with Crippen LogP contribution in [0.3, 0.4) is 0 Å². The topological polar surface area (TPSA) is 78.3 Å². The van der Waals surface area contributed by atoms with Crippen LogP contribution in [0.2, 0.25) is 0 Å². The normalized spacial score (nSPS) is 12.5. The third-order valence-electron chi connectivity index (χ3n) is 3.82.